The molecule has 0 radical (unpaired) electrons. The minimum absolute atomic E-state index is 0.00158. The molecule has 3 aliphatic rings. The Morgan fingerprint density at radius 2 is 1.82 bits per heavy atom. The number of amides is 2. The van der Waals surface area contributed by atoms with Crippen molar-refractivity contribution in [1.82, 2.24) is 9.80 Å². The summed E-state index contributed by atoms with van der Waals surface area (Å²) in [6.07, 6.45) is 10.7. The molecule has 0 aromatic heterocycles. The van der Waals surface area contributed by atoms with Crippen LogP contribution in [0.5, 0.6) is 0 Å². The van der Waals surface area contributed by atoms with Crippen molar-refractivity contribution in [3.8, 4) is 0 Å². The Kier molecular flexibility index (Phi) is 11.0. The van der Waals surface area contributed by atoms with E-state index >= 15 is 0 Å². The molecule has 0 aromatic carbocycles. The molecule has 2 bridgehead atoms. The Morgan fingerprint density at radius 3 is 2.45 bits per heavy atom. The number of fused-ring (bicyclic) bond motifs is 1. The molecule has 7 nitrogen and oxygen atoms in total. The number of hydrogen-bond acceptors (Lipinski definition) is 6. The van der Waals surface area contributed by atoms with Gasteiger partial charge < -0.3 is 19.6 Å². The van der Waals surface area contributed by atoms with Crippen molar-refractivity contribution < 1.29 is 24.2 Å². The first-order valence-corrected chi connectivity index (χ1v) is 16.0. The maximum Gasteiger partial charge on any atom is 0.310 e. The minimum atomic E-state index is -0.619. The highest BCUT2D eigenvalue weighted by Crippen LogP contribution is 2.66. The number of allylic oxidation sites excluding steroid dienone is 1. The molecule has 5 atom stereocenters. The Balaban J connectivity index is 1.95. The number of likely N-dealkylation sites (tertiary alicyclic amines) is 1. The third-order valence-electron chi connectivity index (χ3n) is 8.68. The van der Waals surface area contributed by atoms with Crippen molar-refractivity contribution >= 4 is 29.5 Å². The van der Waals surface area contributed by atoms with Gasteiger partial charge in [-0.25, -0.2) is 0 Å². The fourth-order valence-electron chi connectivity index (χ4n) is 7.49. The van der Waals surface area contributed by atoms with Gasteiger partial charge in [-0.15, -0.1) is 24.9 Å². The molecule has 3 rings (SSSR count). The van der Waals surface area contributed by atoms with Gasteiger partial charge in [-0.05, 0) is 64.2 Å². The van der Waals surface area contributed by atoms with E-state index in [1.54, 1.807) is 17.8 Å². The number of aliphatic hydroxyl groups excluding tert-OH is 1. The number of carbonyl (C=O) groups is 3. The molecule has 1 N–H and O–H groups in total. The maximum absolute atomic E-state index is 14.7. The van der Waals surface area contributed by atoms with Crippen LogP contribution in [0.2, 0.25) is 0 Å². The monoisotopic (exact) mass is 576 g/mol. The molecule has 8 heteroatoms. The largest absolute Gasteiger partial charge is 0.465 e. The predicted octanol–water partition coefficient (Wildman–Crippen LogP) is 5.37. The lowest BCUT2D eigenvalue weighted by atomic mass is 9.71. The van der Waals surface area contributed by atoms with E-state index in [4.69, 9.17) is 4.74 Å². The van der Waals surface area contributed by atoms with E-state index in [1.165, 1.54) is 0 Å². The van der Waals surface area contributed by atoms with Gasteiger partial charge in [-0.2, -0.15) is 0 Å². The lowest BCUT2D eigenvalue weighted by molar-refractivity contribution is -0.154. The first-order valence-electron chi connectivity index (χ1n) is 15.1. The summed E-state index contributed by atoms with van der Waals surface area (Å²) < 4.78 is 5.06. The molecule has 0 saturated carbocycles. The zero-order valence-electron chi connectivity index (χ0n) is 25.5. The average molecular weight is 577 g/mol. The van der Waals surface area contributed by atoms with Crippen molar-refractivity contribution in [1.29, 1.82) is 0 Å². The van der Waals surface area contributed by atoms with Crippen molar-refractivity contribution in [3.05, 3.63) is 25.3 Å². The Labute approximate surface area is 246 Å². The van der Waals surface area contributed by atoms with E-state index < -0.39 is 28.2 Å². The molecule has 226 valence electrons. The molecule has 2 amide bonds. The van der Waals surface area contributed by atoms with Gasteiger partial charge in [-0.1, -0.05) is 45.8 Å². The number of hydrogen-bond donors (Lipinski definition) is 1. The van der Waals surface area contributed by atoms with Crippen LogP contribution in [-0.4, -0.2) is 80.6 Å². The van der Waals surface area contributed by atoms with Crippen molar-refractivity contribution in [2.45, 2.75) is 114 Å². The number of rotatable bonds is 16. The summed E-state index contributed by atoms with van der Waals surface area (Å²) >= 11 is 1.69. The van der Waals surface area contributed by atoms with Gasteiger partial charge in [0, 0.05) is 30.5 Å². The average Bonchev–Trinajstić information content (AvgIpc) is 3.50. The van der Waals surface area contributed by atoms with E-state index in [9.17, 15) is 19.5 Å². The lowest BCUT2D eigenvalue weighted by Crippen LogP contribution is -2.60. The molecule has 2 unspecified atom stereocenters. The Bertz CT molecular complexity index is 944. The van der Waals surface area contributed by atoms with Crippen LogP contribution in [0.4, 0.5) is 0 Å². The third kappa shape index (κ3) is 6.80. The van der Waals surface area contributed by atoms with Crippen LogP contribution >= 0.6 is 11.8 Å². The summed E-state index contributed by atoms with van der Waals surface area (Å²) in [6.45, 7) is 19.8. The lowest BCUT2D eigenvalue weighted by Gasteiger charge is -2.46. The van der Waals surface area contributed by atoms with Gasteiger partial charge in [0.15, 0.2) is 0 Å². The standard InChI is InChI=1S/C32H52N2O5S/c1-8-10-15-21-39-29(38)24-23-16-17-32(40-23)25(24)27(36)33(19-13-11-12-14-20-35)26(32)28(37)34(18-9-2)31(6,7)22-30(3,4)5/h8-9,23-26,35H,1-2,10-22H2,3-7H3/t23-,24+,25+,26?,32?/m1/s1. The van der Waals surface area contributed by atoms with Crippen LogP contribution in [0.15, 0.2) is 25.3 Å². The van der Waals surface area contributed by atoms with Gasteiger partial charge in [0.25, 0.3) is 0 Å². The van der Waals surface area contributed by atoms with Crippen LogP contribution < -0.4 is 0 Å². The summed E-state index contributed by atoms with van der Waals surface area (Å²) in [7, 11) is 0. The summed E-state index contributed by atoms with van der Waals surface area (Å²) in [6, 6.07) is -0.615. The summed E-state index contributed by atoms with van der Waals surface area (Å²) in [5.74, 6) is -1.46. The van der Waals surface area contributed by atoms with E-state index in [0.29, 0.717) is 26.1 Å². The quantitative estimate of drug-likeness (QED) is 0.151. The summed E-state index contributed by atoms with van der Waals surface area (Å²) in [5, 5.41) is 9.18. The number of carbonyl (C=O) groups excluding carboxylic acids is 3. The molecular formula is C32H52N2O5S. The van der Waals surface area contributed by atoms with E-state index in [-0.39, 0.29) is 35.1 Å². The van der Waals surface area contributed by atoms with Crippen LogP contribution in [0.1, 0.15) is 92.4 Å². The number of nitrogens with zero attached hydrogens (tertiary/aromatic N) is 2. The second kappa shape index (κ2) is 13.5. The van der Waals surface area contributed by atoms with Crippen molar-refractivity contribution in [3.63, 3.8) is 0 Å². The van der Waals surface area contributed by atoms with Crippen LogP contribution in [0.25, 0.3) is 0 Å². The molecule has 0 aliphatic carbocycles. The Hall–Kier alpha value is -1.80. The number of aliphatic hydroxyl groups is 1. The first-order chi connectivity index (χ1) is 18.8. The fourth-order valence-corrected chi connectivity index (χ4v) is 9.69. The molecule has 40 heavy (non-hydrogen) atoms. The Morgan fingerprint density at radius 1 is 1.12 bits per heavy atom. The van der Waals surface area contributed by atoms with Gasteiger partial charge in [0.05, 0.1) is 23.2 Å². The highest BCUT2D eigenvalue weighted by molar-refractivity contribution is 8.02. The minimum Gasteiger partial charge on any atom is -0.465 e. The molecule has 3 aliphatic heterocycles. The highest BCUT2D eigenvalue weighted by Gasteiger charge is 2.74. The smallest absolute Gasteiger partial charge is 0.310 e. The zero-order chi connectivity index (χ0) is 29.7. The molecule has 1 spiro atoms. The first kappa shape index (κ1) is 32.7. The van der Waals surface area contributed by atoms with Gasteiger partial charge >= 0.3 is 5.97 Å². The summed E-state index contributed by atoms with van der Waals surface area (Å²) in [4.78, 5) is 46.1. The van der Waals surface area contributed by atoms with Gasteiger partial charge in [0.1, 0.15) is 6.04 Å². The second-order valence-electron chi connectivity index (χ2n) is 13.6. The number of thioether (sulfide) groups is 1. The van der Waals surface area contributed by atoms with Gasteiger partial charge in [-0.3, -0.25) is 14.4 Å². The van der Waals surface area contributed by atoms with Crippen LogP contribution in [0, 0.1) is 17.3 Å². The number of ether oxygens (including phenoxy) is 1. The third-order valence-corrected chi connectivity index (χ3v) is 10.6. The van der Waals surface area contributed by atoms with Crippen LogP contribution in [-0.2, 0) is 19.1 Å². The molecule has 0 aromatic rings. The van der Waals surface area contributed by atoms with Crippen LogP contribution in [0.3, 0.4) is 0 Å². The molecule has 3 saturated heterocycles. The predicted molar refractivity (Wildman–Crippen MR) is 162 cm³/mol. The normalized spacial score (nSPS) is 27.6. The topological polar surface area (TPSA) is 87.1 Å². The van der Waals surface area contributed by atoms with Crippen molar-refractivity contribution in [2.75, 3.05) is 26.3 Å². The second-order valence-corrected chi connectivity index (χ2v) is 15.2. The number of esters is 1. The molecule has 3 heterocycles. The SMILES string of the molecule is C=CCCCOC(=O)[C@@H]1[C@H]2C(=O)N(CCCCCCO)C(C(=O)N(CC=C)C(C)(C)CC(C)(C)C)C23CC[C@H]1S3. The van der Waals surface area contributed by atoms with Crippen molar-refractivity contribution in [2.24, 2.45) is 17.3 Å². The van der Waals surface area contributed by atoms with Gasteiger partial charge in [0.2, 0.25) is 11.8 Å². The fraction of sp³-hybridized carbons (Fsp3) is 0.781. The molecule has 3 fully saturated rings. The summed E-state index contributed by atoms with van der Waals surface area (Å²) in [5.41, 5.74) is -0.443. The van der Waals surface area contributed by atoms with E-state index in [1.807, 2.05) is 15.9 Å². The molecular weight excluding hydrogens is 524 g/mol. The van der Waals surface area contributed by atoms with E-state index in [2.05, 4.69) is 47.8 Å². The van der Waals surface area contributed by atoms with E-state index in [0.717, 1.165) is 51.4 Å². The number of unbranched alkanes of at least 4 members (excludes halogenated alkanes) is 4. The maximum atomic E-state index is 14.7. The highest BCUT2D eigenvalue weighted by atomic mass is 32.2. The zero-order valence-corrected chi connectivity index (χ0v) is 26.3.